The summed E-state index contributed by atoms with van der Waals surface area (Å²) in [5.74, 6) is -0.246. The van der Waals surface area contributed by atoms with Gasteiger partial charge in [0.25, 0.3) is 0 Å². The van der Waals surface area contributed by atoms with Gasteiger partial charge in [-0.05, 0) is 63.1 Å². The molecule has 0 aromatic heterocycles. The lowest BCUT2D eigenvalue weighted by Crippen LogP contribution is -2.27. The number of hydrogen-bond acceptors (Lipinski definition) is 4. The Bertz CT molecular complexity index is 769. The van der Waals surface area contributed by atoms with Crippen molar-refractivity contribution in [3.8, 4) is 5.75 Å². The predicted octanol–water partition coefficient (Wildman–Crippen LogP) is 4.13. The van der Waals surface area contributed by atoms with Gasteiger partial charge in [0, 0.05) is 18.3 Å². The van der Waals surface area contributed by atoms with E-state index in [-0.39, 0.29) is 23.5 Å². The molecule has 5 nitrogen and oxygen atoms in total. The van der Waals surface area contributed by atoms with Crippen LogP contribution in [-0.2, 0) is 6.42 Å². The van der Waals surface area contributed by atoms with E-state index in [0.29, 0.717) is 18.6 Å². The molecule has 158 valence electrons. The van der Waals surface area contributed by atoms with Crippen LogP contribution in [0, 0.1) is 11.8 Å². The first kappa shape index (κ1) is 21.6. The van der Waals surface area contributed by atoms with Crippen molar-refractivity contribution < 1.29 is 24.9 Å². The number of benzene rings is 1. The molecule has 1 aliphatic carbocycles. The summed E-state index contributed by atoms with van der Waals surface area (Å²) in [4.78, 5) is 11.3. The van der Waals surface area contributed by atoms with Gasteiger partial charge in [0.05, 0.1) is 17.8 Å². The fourth-order valence-electron chi connectivity index (χ4n) is 4.55. The fourth-order valence-corrected chi connectivity index (χ4v) is 4.55. The third-order valence-corrected chi connectivity index (χ3v) is 6.12. The molecule has 5 atom stereocenters. The summed E-state index contributed by atoms with van der Waals surface area (Å²) in [6, 6.07) is 5.05. The third kappa shape index (κ3) is 5.49. The Morgan fingerprint density at radius 1 is 1.41 bits per heavy atom. The SMILES string of the molecule is C=C(C)CCC[C@H](O)/C=C/[C@@H]1C2CCCc3ccc(C(=O)O)cc3O[C@H]2C[C@H]1O. The minimum Gasteiger partial charge on any atom is -0.490 e. The molecular weight excluding hydrogens is 368 g/mol. The lowest BCUT2D eigenvalue weighted by molar-refractivity contribution is 0.0695. The van der Waals surface area contributed by atoms with E-state index in [1.54, 1.807) is 12.1 Å². The van der Waals surface area contributed by atoms with E-state index >= 15 is 0 Å². The van der Waals surface area contributed by atoms with Crippen molar-refractivity contribution in [3.63, 3.8) is 0 Å². The van der Waals surface area contributed by atoms with Crippen LogP contribution in [0.25, 0.3) is 0 Å². The highest BCUT2D eigenvalue weighted by molar-refractivity contribution is 5.88. The van der Waals surface area contributed by atoms with Crippen LogP contribution in [0.2, 0.25) is 0 Å². The Balaban J connectivity index is 1.69. The molecule has 0 amide bonds. The second-order valence-electron chi connectivity index (χ2n) is 8.52. The molecule has 3 rings (SSSR count). The number of ether oxygens (including phenoxy) is 1. The van der Waals surface area contributed by atoms with E-state index in [1.165, 1.54) is 0 Å². The summed E-state index contributed by atoms with van der Waals surface area (Å²) in [6.07, 6.45) is 8.30. The van der Waals surface area contributed by atoms with E-state index in [1.807, 2.05) is 25.1 Å². The van der Waals surface area contributed by atoms with Crippen molar-refractivity contribution in [2.24, 2.45) is 11.8 Å². The van der Waals surface area contributed by atoms with Crippen molar-refractivity contribution in [2.45, 2.75) is 70.2 Å². The zero-order valence-electron chi connectivity index (χ0n) is 17.1. The molecule has 1 aromatic carbocycles. The zero-order valence-corrected chi connectivity index (χ0v) is 17.1. The number of carboxylic acids is 1. The number of allylic oxidation sites excluding steroid dienone is 1. The van der Waals surface area contributed by atoms with Crippen LogP contribution >= 0.6 is 0 Å². The molecule has 0 radical (unpaired) electrons. The highest BCUT2D eigenvalue weighted by Gasteiger charge is 2.43. The van der Waals surface area contributed by atoms with E-state index < -0.39 is 18.2 Å². The molecular formula is C24H32O5. The fraction of sp³-hybridized carbons (Fsp3) is 0.542. The van der Waals surface area contributed by atoms with Crippen molar-refractivity contribution in [1.29, 1.82) is 0 Å². The molecule has 29 heavy (non-hydrogen) atoms. The quantitative estimate of drug-likeness (QED) is 0.599. The summed E-state index contributed by atoms with van der Waals surface area (Å²) >= 11 is 0. The average molecular weight is 401 g/mol. The smallest absolute Gasteiger partial charge is 0.335 e. The molecule has 2 aliphatic rings. The number of fused-ring (bicyclic) bond motifs is 2. The first-order valence-corrected chi connectivity index (χ1v) is 10.6. The first-order valence-electron chi connectivity index (χ1n) is 10.6. The van der Waals surface area contributed by atoms with Gasteiger partial charge in [-0.2, -0.15) is 0 Å². The lowest BCUT2D eigenvalue weighted by atomic mass is 9.86. The molecule has 0 bridgehead atoms. The normalized spacial score (nSPS) is 27.4. The minimum atomic E-state index is -0.970. The Labute approximate surface area is 172 Å². The maximum Gasteiger partial charge on any atom is 0.335 e. The number of aliphatic hydroxyl groups excluding tert-OH is 2. The predicted molar refractivity (Wildman–Crippen MR) is 112 cm³/mol. The van der Waals surface area contributed by atoms with Gasteiger partial charge in [-0.3, -0.25) is 0 Å². The Morgan fingerprint density at radius 2 is 2.21 bits per heavy atom. The van der Waals surface area contributed by atoms with Crippen molar-refractivity contribution >= 4 is 5.97 Å². The standard InChI is InChI=1S/C24H32O5/c1-15(2)5-3-7-18(25)11-12-19-20-8-4-6-16-9-10-17(24(27)28)13-22(16)29-23(20)14-21(19)26/h9-13,18-21,23,25-26H,1,3-8,14H2,2H3,(H,27,28)/b12-11+/t18-,19+,20?,21+,23-/m0/s1. The van der Waals surface area contributed by atoms with Crippen LogP contribution in [-0.4, -0.2) is 39.6 Å². The molecule has 1 heterocycles. The number of aryl methyl sites for hydroxylation is 1. The Morgan fingerprint density at radius 3 is 2.93 bits per heavy atom. The summed E-state index contributed by atoms with van der Waals surface area (Å²) < 4.78 is 6.22. The van der Waals surface area contributed by atoms with Gasteiger partial charge in [-0.15, -0.1) is 6.58 Å². The van der Waals surface area contributed by atoms with Crippen molar-refractivity contribution in [3.05, 3.63) is 53.6 Å². The zero-order chi connectivity index (χ0) is 21.0. The number of carbonyl (C=O) groups is 1. The van der Waals surface area contributed by atoms with Gasteiger partial charge in [-0.1, -0.05) is 23.8 Å². The highest BCUT2D eigenvalue weighted by atomic mass is 16.5. The van der Waals surface area contributed by atoms with Gasteiger partial charge in [0.15, 0.2) is 0 Å². The van der Waals surface area contributed by atoms with E-state index in [2.05, 4.69) is 6.58 Å². The molecule has 5 heteroatoms. The van der Waals surface area contributed by atoms with Gasteiger partial charge in [0.1, 0.15) is 11.9 Å². The van der Waals surface area contributed by atoms with Gasteiger partial charge >= 0.3 is 5.97 Å². The summed E-state index contributed by atoms with van der Waals surface area (Å²) in [7, 11) is 0. The monoisotopic (exact) mass is 400 g/mol. The first-order chi connectivity index (χ1) is 13.8. The molecule has 1 saturated carbocycles. The number of hydrogen-bond donors (Lipinski definition) is 3. The van der Waals surface area contributed by atoms with Crippen molar-refractivity contribution in [2.75, 3.05) is 0 Å². The number of carboxylic acid groups (broad SMARTS) is 1. The maximum atomic E-state index is 11.3. The van der Waals surface area contributed by atoms with Crippen LogP contribution in [0.1, 0.15) is 61.4 Å². The molecule has 1 unspecified atom stereocenters. The highest BCUT2D eigenvalue weighted by Crippen LogP contribution is 2.42. The van der Waals surface area contributed by atoms with Gasteiger partial charge in [0.2, 0.25) is 0 Å². The lowest BCUT2D eigenvalue weighted by Gasteiger charge is -2.28. The largest absolute Gasteiger partial charge is 0.490 e. The third-order valence-electron chi connectivity index (χ3n) is 6.12. The van der Waals surface area contributed by atoms with Gasteiger partial charge < -0.3 is 20.1 Å². The maximum absolute atomic E-state index is 11.3. The summed E-state index contributed by atoms with van der Waals surface area (Å²) in [6.45, 7) is 5.87. The summed E-state index contributed by atoms with van der Waals surface area (Å²) in [5.41, 5.74) is 2.36. The van der Waals surface area contributed by atoms with Crippen LogP contribution < -0.4 is 4.74 Å². The Kier molecular flexibility index (Phi) is 7.14. The van der Waals surface area contributed by atoms with E-state index in [0.717, 1.165) is 43.2 Å². The van der Waals surface area contributed by atoms with Crippen molar-refractivity contribution in [1.82, 2.24) is 0 Å². The van der Waals surface area contributed by atoms with Gasteiger partial charge in [-0.25, -0.2) is 4.79 Å². The molecule has 1 fully saturated rings. The van der Waals surface area contributed by atoms with E-state index in [4.69, 9.17) is 4.74 Å². The van der Waals surface area contributed by atoms with Crippen LogP contribution in [0.5, 0.6) is 5.75 Å². The second-order valence-corrected chi connectivity index (χ2v) is 8.52. The molecule has 1 aliphatic heterocycles. The Hall–Kier alpha value is -2.11. The number of aromatic carboxylic acids is 1. The topological polar surface area (TPSA) is 87.0 Å². The molecule has 0 saturated heterocycles. The minimum absolute atomic E-state index is 0.0556. The number of rotatable bonds is 7. The van der Waals surface area contributed by atoms with Crippen LogP contribution in [0.4, 0.5) is 0 Å². The molecule has 0 spiro atoms. The van der Waals surface area contributed by atoms with E-state index in [9.17, 15) is 20.1 Å². The molecule has 3 N–H and O–H groups in total. The second kappa shape index (κ2) is 9.59. The molecule has 1 aromatic rings. The number of aliphatic hydroxyl groups is 2. The van der Waals surface area contributed by atoms with Crippen LogP contribution in [0.3, 0.4) is 0 Å². The summed E-state index contributed by atoms with van der Waals surface area (Å²) in [5, 5.41) is 30.1. The average Bonchev–Trinajstić information content (AvgIpc) is 2.92. The van der Waals surface area contributed by atoms with Crippen LogP contribution in [0.15, 0.2) is 42.5 Å².